The van der Waals surface area contributed by atoms with Crippen LogP contribution in [0.3, 0.4) is 0 Å². The van der Waals surface area contributed by atoms with Crippen LogP contribution in [-0.2, 0) is 0 Å². The molecule has 1 atom stereocenters. The van der Waals surface area contributed by atoms with Crippen molar-refractivity contribution in [2.45, 2.75) is 26.3 Å². The number of oxazole rings is 1. The van der Waals surface area contributed by atoms with Crippen LogP contribution in [0.15, 0.2) is 22.6 Å². The molecular weight excluding hydrogens is 278 g/mol. The van der Waals surface area contributed by atoms with Gasteiger partial charge in [-0.2, -0.15) is 16.7 Å². The summed E-state index contributed by atoms with van der Waals surface area (Å²) in [7, 11) is 0. The molecule has 1 heterocycles. The molecule has 7 heteroatoms. The van der Waals surface area contributed by atoms with Crippen LogP contribution in [0.25, 0.3) is 11.1 Å². The fraction of sp³-hybridized carbons (Fsp3) is 0.462. The Labute approximate surface area is 121 Å². The summed E-state index contributed by atoms with van der Waals surface area (Å²) in [6, 6.07) is 5.07. The Hall–Kier alpha value is -1.76. The third-order valence-electron chi connectivity index (χ3n) is 2.85. The summed E-state index contributed by atoms with van der Waals surface area (Å²) in [5.74, 6) is 2.19. The number of nitro groups is 1. The highest BCUT2D eigenvalue weighted by molar-refractivity contribution is 7.99. The van der Waals surface area contributed by atoms with Gasteiger partial charge in [-0.25, -0.2) is 0 Å². The Morgan fingerprint density at radius 3 is 3.05 bits per heavy atom. The van der Waals surface area contributed by atoms with Crippen molar-refractivity contribution in [3.05, 3.63) is 28.3 Å². The number of non-ortho nitro benzene ring substituents is 1. The summed E-state index contributed by atoms with van der Waals surface area (Å²) in [4.78, 5) is 14.5. The van der Waals surface area contributed by atoms with Gasteiger partial charge in [0, 0.05) is 18.2 Å². The molecule has 2 rings (SSSR count). The number of nitro benzene ring substituents is 1. The van der Waals surface area contributed by atoms with E-state index in [1.165, 1.54) is 12.1 Å². The Morgan fingerprint density at radius 1 is 1.55 bits per heavy atom. The Bertz CT molecular complexity index is 600. The average molecular weight is 295 g/mol. The number of hydrogen-bond acceptors (Lipinski definition) is 6. The molecule has 0 fully saturated rings. The summed E-state index contributed by atoms with van der Waals surface area (Å²) in [6.07, 6.45) is 1.01. The van der Waals surface area contributed by atoms with Crippen LogP contribution in [0.2, 0.25) is 0 Å². The van der Waals surface area contributed by atoms with Gasteiger partial charge in [0.25, 0.3) is 11.7 Å². The van der Waals surface area contributed by atoms with Crippen molar-refractivity contribution in [3.8, 4) is 0 Å². The molecule has 0 saturated carbocycles. The second-order valence-corrected chi connectivity index (χ2v) is 5.85. The normalized spacial score (nSPS) is 12.5. The van der Waals surface area contributed by atoms with Crippen LogP contribution in [0.5, 0.6) is 0 Å². The molecule has 0 aliphatic rings. The van der Waals surface area contributed by atoms with Crippen molar-refractivity contribution in [1.82, 2.24) is 4.98 Å². The van der Waals surface area contributed by atoms with Crippen molar-refractivity contribution in [2.75, 3.05) is 16.8 Å². The van der Waals surface area contributed by atoms with Crippen LogP contribution in [-0.4, -0.2) is 27.5 Å². The van der Waals surface area contributed by atoms with E-state index in [-0.39, 0.29) is 11.7 Å². The van der Waals surface area contributed by atoms with Crippen LogP contribution >= 0.6 is 11.8 Å². The lowest BCUT2D eigenvalue weighted by atomic mass is 10.3. The van der Waals surface area contributed by atoms with E-state index in [1.54, 1.807) is 6.07 Å². The molecule has 2 aromatic rings. The zero-order valence-corrected chi connectivity index (χ0v) is 12.3. The van der Waals surface area contributed by atoms with E-state index in [9.17, 15) is 10.1 Å². The fourth-order valence-electron chi connectivity index (χ4n) is 1.78. The highest BCUT2D eigenvalue weighted by atomic mass is 32.2. The van der Waals surface area contributed by atoms with E-state index >= 15 is 0 Å². The van der Waals surface area contributed by atoms with Crippen LogP contribution in [0, 0.1) is 10.1 Å². The Balaban J connectivity index is 2.05. The maximum Gasteiger partial charge on any atom is 0.295 e. The lowest BCUT2D eigenvalue weighted by Gasteiger charge is -2.10. The molecule has 0 radical (unpaired) electrons. The SMILES string of the molecule is CCSCCC(C)Nc1nc2cc([N+](=O)[O-])ccc2o1. The number of benzene rings is 1. The third kappa shape index (κ3) is 3.63. The van der Waals surface area contributed by atoms with Gasteiger partial charge >= 0.3 is 0 Å². The molecule has 0 bridgehead atoms. The van der Waals surface area contributed by atoms with Gasteiger partial charge in [-0.15, -0.1) is 0 Å². The monoisotopic (exact) mass is 295 g/mol. The molecule has 108 valence electrons. The minimum Gasteiger partial charge on any atom is -0.424 e. The lowest BCUT2D eigenvalue weighted by molar-refractivity contribution is -0.384. The number of hydrogen-bond donors (Lipinski definition) is 1. The number of thioether (sulfide) groups is 1. The van der Waals surface area contributed by atoms with Gasteiger partial charge in [0.05, 0.1) is 4.92 Å². The van der Waals surface area contributed by atoms with Gasteiger partial charge in [-0.05, 0) is 30.9 Å². The minimum absolute atomic E-state index is 0.0183. The largest absolute Gasteiger partial charge is 0.424 e. The second kappa shape index (κ2) is 6.60. The van der Waals surface area contributed by atoms with Gasteiger partial charge in [0.2, 0.25) is 0 Å². The first-order chi connectivity index (χ1) is 9.60. The van der Waals surface area contributed by atoms with E-state index in [2.05, 4.69) is 24.1 Å². The number of fused-ring (bicyclic) bond motifs is 1. The standard InChI is InChI=1S/C13H17N3O3S/c1-3-20-7-6-9(2)14-13-15-11-8-10(16(17)18)4-5-12(11)19-13/h4-5,8-9H,3,6-7H2,1-2H3,(H,14,15). The summed E-state index contributed by atoms with van der Waals surface area (Å²) in [5.41, 5.74) is 1.06. The van der Waals surface area contributed by atoms with Crippen molar-refractivity contribution in [1.29, 1.82) is 0 Å². The zero-order valence-electron chi connectivity index (χ0n) is 11.5. The molecule has 0 saturated heterocycles. The highest BCUT2D eigenvalue weighted by Crippen LogP contribution is 2.24. The first kappa shape index (κ1) is 14.6. The van der Waals surface area contributed by atoms with Gasteiger partial charge in [0.15, 0.2) is 5.58 Å². The molecule has 1 aromatic heterocycles. The van der Waals surface area contributed by atoms with Crippen LogP contribution in [0.1, 0.15) is 20.3 Å². The fourth-order valence-corrected chi connectivity index (χ4v) is 2.59. The molecule has 0 amide bonds. The zero-order chi connectivity index (χ0) is 14.5. The summed E-state index contributed by atoms with van der Waals surface area (Å²) < 4.78 is 5.53. The van der Waals surface area contributed by atoms with Crippen molar-refractivity contribution in [3.63, 3.8) is 0 Å². The van der Waals surface area contributed by atoms with E-state index in [0.717, 1.165) is 17.9 Å². The predicted molar refractivity (Wildman–Crippen MR) is 81.4 cm³/mol. The van der Waals surface area contributed by atoms with Gasteiger partial charge in [-0.3, -0.25) is 10.1 Å². The number of rotatable bonds is 7. The topological polar surface area (TPSA) is 81.2 Å². The molecule has 1 N–H and O–H groups in total. The molecular formula is C13H17N3O3S. The number of aromatic nitrogens is 1. The smallest absolute Gasteiger partial charge is 0.295 e. The maximum atomic E-state index is 10.7. The van der Waals surface area contributed by atoms with E-state index < -0.39 is 4.92 Å². The predicted octanol–water partition coefficient (Wildman–Crippen LogP) is 3.68. The molecule has 20 heavy (non-hydrogen) atoms. The van der Waals surface area contributed by atoms with Crippen molar-refractivity contribution < 1.29 is 9.34 Å². The first-order valence-corrected chi connectivity index (χ1v) is 7.65. The second-order valence-electron chi connectivity index (χ2n) is 4.46. The Kier molecular flexibility index (Phi) is 4.84. The summed E-state index contributed by atoms with van der Waals surface area (Å²) in [6.45, 7) is 4.20. The molecule has 0 aliphatic heterocycles. The molecule has 1 unspecified atom stereocenters. The highest BCUT2D eigenvalue weighted by Gasteiger charge is 2.12. The van der Waals surface area contributed by atoms with Crippen molar-refractivity contribution in [2.24, 2.45) is 0 Å². The van der Waals surface area contributed by atoms with Gasteiger partial charge in [0.1, 0.15) is 5.52 Å². The molecule has 1 aromatic carbocycles. The van der Waals surface area contributed by atoms with Crippen molar-refractivity contribution >= 4 is 34.6 Å². The molecule has 6 nitrogen and oxygen atoms in total. The number of nitrogens with one attached hydrogen (secondary N) is 1. The van der Waals surface area contributed by atoms with Crippen LogP contribution < -0.4 is 5.32 Å². The van der Waals surface area contributed by atoms with E-state index in [0.29, 0.717) is 17.1 Å². The number of anilines is 1. The molecule has 0 aliphatic carbocycles. The van der Waals surface area contributed by atoms with Crippen LogP contribution in [0.4, 0.5) is 11.7 Å². The summed E-state index contributed by atoms with van der Waals surface area (Å²) in [5, 5.41) is 13.9. The lowest BCUT2D eigenvalue weighted by Crippen LogP contribution is -2.16. The minimum atomic E-state index is -0.439. The average Bonchev–Trinajstić information content (AvgIpc) is 2.79. The quantitative estimate of drug-likeness (QED) is 0.476. The van der Waals surface area contributed by atoms with Gasteiger partial charge in [-0.1, -0.05) is 6.92 Å². The van der Waals surface area contributed by atoms with E-state index in [1.807, 2.05) is 11.8 Å². The first-order valence-electron chi connectivity index (χ1n) is 6.49. The Morgan fingerprint density at radius 2 is 2.35 bits per heavy atom. The third-order valence-corrected chi connectivity index (χ3v) is 3.78. The summed E-state index contributed by atoms with van der Waals surface area (Å²) >= 11 is 1.89. The molecule has 0 spiro atoms. The maximum absolute atomic E-state index is 10.7. The van der Waals surface area contributed by atoms with Gasteiger partial charge < -0.3 is 9.73 Å². The van der Waals surface area contributed by atoms with E-state index in [4.69, 9.17) is 4.42 Å². The number of nitrogens with zero attached hydrogens (tertiary/aromatic N) is 2.